The quantitative estimate of drug-likeness (QED) is 0.720. The largest absolute Gasteiger partial charge is 0.374 e. The van der Waals surface area contributed by atoms with Crippen LogP contribution in [-0.2, 0) is 27.8 Å². The van der Waals surface area contributed by atoms with Crippen molar-refractivity contribution in [3.05, 3.63) is 30.1 Å². The van der Waals surface area contributed by atoms with Gasteiger partial charge < -0.3 is 10.1 Å². The average Bonchev–Trinajstić information content (AvgIpc) is 2.79. The normalized spacial score (nSPS) is 20.2. The van der Waals surface area contributed by atoms with Gasteiger partial charge in [0.1, 0.15) is 0 Å². The van der Waals surface area contributed by atoms with E-state index in [2.05, 4.69) is 17.0 Å². The van der Waals surface area contributed by atoms with Crippen LogP contribution >= 0.6 is 0 Å². The van der Waals surface area contributed by atoms with Gasteiger partial charge in [-0.1, -0.05) is 6.08 Å². The predicted octanol–water partition coefficient (Wildman–Crippen LogP) is 0.128. The summed E-state index contributed by atoms with van der Waals surface area (Å²) in [5.41, 5.74) is 2.11. The molecule has 0 aliphatic carbocycles. The molecule has 2 heterocycles. The monoisotopic (exact) mass is 328 g/mol. The first-order valence-electron chi connectivity index (χ1n) is 7.31. The zero-order valence-corrected chi connectivity index (χ0v) is 14.0. The van der Waals surface area contributed by atoms with Gasteiger partial charge in [0.25, 0.3) is 0 Å². The number of sulfonamides is 1. The molecule has 0 radical (unpaired) electrons. The maximum Gasteiger partial charge on any atom is 0.211 e. The van der Waals surface area contributed by atoms with Crippen molar-refractivity contribution in [1.29, 1.82) is 0 Å². The van der Waals surface area contributed by atoms with Crippen LogP contribution in [0, 0.1) is 6.92 Å². The Kier molecular flexibility index (Phi) is 5.74. The highest BCUT2D eigenvalue weighted by molar-refractivity contribution is 7.88. The maximum absolute atomic E-state index is 11.6. The molecule has 7 nitrogen and oxygen atoms in total. The molecule has 8 heteroatoms. The lowest BCUT2D eigenvalue weighted by atomic mass is 10.2. The fraction of sp³-hybridized carbons (Fsp3) is 0.643. The molecule has 1 saturated heterocycles. The van der Waals surface area contributed by atoms with E-state index in [-0.39, 0.29) is 6.10 Å². The molecule has 1 atom stereocenters. The Morgan fingerprint density at radius 1 is 1.59 bits per heavy atom. The summed E-state index contributed by atoms with van der Waals surface area (Å²) in [5.74, 6) is 0. The van der Waals surface area contributed by atoms with E-state index in [9.17, 15) is 8.42 Å². The number of nitrogens with zero attached hydrogens (tertiary/aromatic N) is 3. The summed E-state index contributed by atoms with van der Waals surface area (Å²) in [6, 6.07) is 0. The lowest BCUT2D eigenvalue weighted by Crippen LogP contribution is -2.48. The fourth-order valence-corrected chi connectivity index (χ4v) is 3.29. The Labute approximate surface area is 132 Å². The summed E-state index contributed by atoms with van der Waals surface area (Å²) >= 11 is 0. The Balaban J connectivity index is 1.82. The number of aromatic nitrogens is 2. The Morgan fingerprint density at radius 2 is 2.36 bits per heavy atom. The molecule has 1 fully saturated rings. The van der Waals surface area contributed by atoms with Gasteiger partial charge >= 0.3 is 0 Å². The molecule has 0 unspecified atom stereocenters. The van der Waals surface area contributed by atoms with E-state index in [4.69, 9.17) is 4.74 Å². The van der Waals surface area contributed by atoms with Crippen molar-refractivity contribution >= 4 is 10.0 Å². The Morgan fingerprint density at radius 3 is 3.05 bits per heavy atom. The van der Waals surface area contributed by atoms with E-state index in [1.165, 1.54) is 10.6 Å². The molecule has 2 rings (SSSR count). The number of morpholine rings is 1. The summed E-state index contributed by atoms with van der Waals surface area (Å²) < 4.78 is 32.1. The number of hydrogen-bond donors (Lipinski definition) is 1. The van der Waals surface area contributed by atoms with Gasteiger partial charge in [-0.15, -0.1) is 6.58 Å². The molecule has 1 aliphatic heterocycles. The van der Waals surface area contributed by atoms with Gasteiger partial charge in [0.15, 0.2) is 0 Å². The Hall–Kier alpha value is -1.22. The SMILES string of the molecule is C=CCn1cc(CNC[C@@H]2CN(S(C)(=O)=O)CCO2)c(C)n1. The van der Waals surface area contributed by atoms with Gasteiger partial charge in [-0.2, -0.15) is 9.40 Å². The molecular formula is C14H24N4O3S. The lowest BCUT2D eigenvalue weighted by molar-refractivity contribution is -0.000108. The zero-order chi connectivity index (χ0) is 16.2. The molecule has 1 aromatic rings. The average molecular weight is 328 g/mol. The van der Waals surface area contributed by atoms with Crippen LogP contribution in [0.2, 0.25) is 0 Å². The first-order chi connectivity index (χ1) is 10.4. The van der Waals surface area contributed by atoms with Crippen molar-refractivity contribution in [3.8, 4) is 0 Å². The summed E-state index contributed by atoms with van der Waals surface area (Å²) in [7, 11) is -3.14. The molecule has 0 amide bonds. The zero-order valence-electron chi connectivity index (χ0n) is 13.2. The number of nitrogens with one attached hydrogen (secondary N) is 1. The van der Waals surface area contributed by atoms with Gasteiger partial charge in [-0.05, 0) is 6.92 Å². The van der Waals surface area contributed by atoms with Crippen molar-refractivity contribution in [1.82, 2.24) is 19.4 Å². The lowest BCUT2D eigenvalue weighted by Gasteiger charge is -2.31. The number of hydrogen-bond acceptors (Lipinski definition) is 5. The van der Waals surface area contributed by atoms with Gasteiger partial charge in [0, 0.05) is 37.9 Å². The van der Waals surface area contributed by atoms with Crippen LogP contribution in [0.1, 0.15) is 11.3 Å². The van der Waals surface area contributed by atoms with E-state index in [0.717, 1.165) is 11.3 Å². The predicted molar refractivity (Wildman–Crippen MR) is 85.0 cm³/mol. The van der Waals surface area contributed by atoms with E-state index in [1.807, 2.05) is 17.8 Å². The maximum atomic E-state index is 11.6. The highest BCUT2D eigenvalue weighted by Crippen LogP contribution is 2.09. The molecule has 0 bridgehead atoms. The number of allylic oxidation sites excluding steroid dienone is 1. The van der Waals surface area contributed by atoms with Crippen LogP contribution in [0.5, 0.6) is 0 Å². The molecule has 124 valence electrons. The van der Waals surface area contributed by atoms with Crippen molar-refractivity contribution < 1.29 is 13.2 Å². The molecule has 1 aliphatic rings. The standard InChI is InChI=1S/C14H24N4O3S/c1-4-5-17-10-13(12(2)16-17)8-15-9-14-11-18(6-7-21-14)22(3,19)20/h4,10,14-15H,1,5-9,11H2,2-3H3/t14-/m1/s1. The molecule has 1 N–H and O–H groups in total. The van der Waals surface area contributed by atoms with Crippen molar-refractivity contribution in [2.75, 3.05) is 32.5 Å². The molecular weight excluding hydrogens is 304 g/mol. The summed E-state index contributed by atoms with van der Waals surface area (Å²) in [5, 5.41) is 7.71. The molecule has 0 spiro atoms. The topological polar surface area (TPSA) is 76.5 Å². The highest BCUT2D eigenvalue weighted by atomic mass is 32.2. The summed E-state index contributed by atoms with van der Waals surface area (Å²) in [4.78, 5) is 0. The van der Waals surface area contributed by atoms with Crippen LogP contribution in [-0.4, -0.2) is 61.1 Å². The molecule has 22 heavy (non-hydrogen) atoms. The van der Waals surface area contributed by atoms with Gasteiger partial charge in [0.05, 0.1) is 31.2 Å². The van der Waals surface area contributed by atoms with Gasteiger partial charge in [-0.25, -0.2) is 8.42 Å². The second kappa shape index (κ2) is 7.36. The minimum absolute atomic E-state index is 0.119. The summed E-state index contributed by atoms with van der Waals surface area (Å²) in [6.45, 7) is 8.93. The number of rotatable bonds is 7. The van der Waals surface area contributed by atoms with E-state index in [1.54, 1.807) is 6.08 Å². The Bertz CT molecular complexity index is 612. The molecule has 0 aromatic carbocycles. The molecule has 0 saturated carbocycles. The second-order valence-electron chi connectivity index (χ2n) is 5.50. The van der Waals surface area contributed by atoms with Crippen molar-refractivity contribution in [2.45, 2.75) is 26.1 Å². The first-order valence-corrected chi connectivity index (χ1v) is 9.16. The first kappa shape index (κ1) is 17.1. The van der Waals surface area contributed by atoms with Crippen molar-refractivity contribution in [3.63, 3.8) is 0 Å². The third-order valence-corrected chi connectivity index (χ3v) is 4.89. The number of ether oxygens (including phenoxy) is 1. The van der Waals surface area contributed by atoms with Crippen LogP contribution in [0.3, 0.4) is 0 Å². The van der Waals surface area contributed by atoms with Crippen LogP contribution in [0.25, 0.3) is 0 Å². The third kappa shape index (κ3) is 4.64. The van der Waals surface area contributed by atoms with Gasteiger partial charge in [0.2, 0.25) is 10.0 Å². The van der Waals surface area contributed by atoms with Crippen LogP contribution < -0.4 is 5.32 Å². The van der Waals surface area contributed by atoms with Crippen LogP contribution in [0.15, 0.2) is 18.9 Å². The minimum atomic E-state index is -3.14. The third-order valence-electron chi connectivity index (χ3n) is 3.62. The molecule has 1 aromatic heterocycles. The highest BCUT2D eigenvalue weighted by Gasteiger charge is 2.26. The minimum Gasteiger partial charge on any atom is -0.374 e. The van der Waals surface area contributed by atoms with E-state index < -0.39 is 10.0 Å². The van der Waals surface area contributed by atoms with Crippen LogP contribution in [0.4, 0.5) is 0 Å². The number of aryl methyl sites for hydroxylation is 1. The van der Waals surface area contributed by atoms with E-state index >= 15 is 0 Å². The smallest absolute Gasteiger partial charge is 0.211 e. The second-order valence-corrected chi connectivity index (χ2v) is 7.48. The van der Waals surface area contributed by atoms with E-state index in [0.29, 0.717) is 39.3 Å². The van der Waals surface area contributed by atoms with Crippen molar-refractivity contribution in [2.24, 2.45) is 0 Å². The van der Waals surface area contributed by atoms with Gasteiger partial charge in [-0.3, -0.25) is 4.68 Å². The fourth-order valence-electron chi connectivity index (χ4n) is 2.44. The summed E-state index contributed by atoms with van der Waals surface area (Å²) in [6.07, 6.45) is 4.92.